The molecule has 1 N–H and O–H groups in total. The van der Waals surface area contributed by atoms with Gasteiger partial charge in [-0.2, -0.15) is 0 Å². The van der Waals surface area contributed by atoms with Crippen molar-refractivity contribution in [2.75, 3.05) is 5.75 Å². The third kappa shape index (κ3) is 4.48. The number of aromatic nitrogens is 3. The molecule has 0 fully saturated rings. The van der Waals surface area contributed by atoms with Gasteiger partial charge in [-0.3, -0.25) is 9.36 Å². The topological polar surface area (TPSA) is 73.0 Å². The number of benzene rings is 2. The molecule has 2 aromatic carbocycles. The van der Waals surface area contributed by atoms with E-state index in [1.54, 1.807) is 6.26 Å². The Bertz CT molecular complexity index is 1190. The highest BCUT2D eigenvalue weighted by molar-refractivity contribution is 7.99. The van der Waals surface area contributed by atoms with Crippen molar-refractivity contribution in [1.82, 2.24) is 20.1 Å². The molecule has 1 aliphatic carbocycles. The Kier molecular flexibility index (Phi) is 6.07. The molecular formula is C25H24N4O2S. The largest absolute Gasteiger partial charge is 0.461 e. The lowest BCUT2D eigenvalue weighted by molar-refractivity contribution is -0.119. The van der Waals surface area contributed by atoms with Crippen molar-refractivity contribution in [3.63, 3.8) is 0 Å². The Morgan fingerprint density at radius 3 is 2.75 bits per heavy atom. The molecule has 0 bridgehead atoms. The number of furan rings is 1. The van der Waals surface area contributed by atoms with Gasteiger partial charge in [-0.25, -0.2) is 0 Å². The van der Waals surface area contributed by atoms with E-state index < -0.39 is 0 Å². The first-order chi connectivity index (χ1) is 15.8. The number of nitrogens with one attached hydrogen (secondary N) is 1. The van der Waals surface area contributed by atoms with Gasteiger partial charge in [0.05, 0.1) is 24.6 Å². The maximum atomic E-state index is 12.8. The van der Waals surface area contributed by atoms with Crippen molar-refractivity contribution in [1.29, 1.82) is 0 Å². The molecule has 1 aliphatic rings. The van der Waals surface area contributed by atoms with Gasteiger partial charge in [-0.05, 0) is 48.1 Å². The molecule has 0 saturated heterocycles. The van der Waals surface area contributed by atoms with Crippen LogP contribution in [-0.4, -0.2) is 26.4 Å². The quantitative estimate of drug-likeness (QED) is 0.412. The third-order valence-corrected chi connectivity index (χ3v) is 6.65. The summed E-state index contributed by atoms with van der Waals surface area (Å²) in [5, 5.41) is 12.6. The van der Waals surface area contributed by atoms with Gasteiger partial charge in [0.25, 0.3) is 0 Å². The van der Waals surface area contributed by atoms with Crippen LogP contribution in [0.2, 0.25) is 0 Å². The Morgan fingerprint density at radius 2 is 1.91 bits per heavy atom. The molecule has 0 saturated carbocycles. The highest BCUT2D eigenvalue weighted by atomic mass is 32.2. The van der Waals surface area contributed by atoms with E-state index in [1.807, 2.05) is 41.0 Å². The van der Waals surface area contributed by atoms with Gasteiger partial charge in [0.1, 0.15) is 0 Å². The molecular weight excluding hydrogens is 420 g/mol. The normalized spacial score (nSPS) is 15.3. The zero-order chi connectivity index (χ0) is 21.8. The number of amides is 1. The molecule has 6 nitrogen and oxygen atoms in total. The van der Waals surface area contributed by atoms with Crippen molar-refractivity contribution >= 4 is 17.7 Å². The van der Waals surface area contributed by atoms with Gasteiger partial charge < -0.3 is 9.73 Å². The number of hydrogen-bond acceptors (Lipinski definition) is 5. The fourth-order valence-corrected chi connectivity index (χ4v) is 4.91. The van der Waals surface area contributed by atoms with Crippen LogP contribution >= 0.6 is 11.8 Å². The van der Waals surface area contributed by atoms with Gasteiger partial charge in [0.2, 0.25) is 11.7 Å². The molecule has 2 aromatic heterocycles. The molecule has 2 heterocycles. The van der Waals surface area contributed by atoms with Crippen LogP contribution in [0.5, 0.6) is 0 Å². The predicted octanol–water partition coefficient (Wildman–Crippen LogP) is 4.87. The highest BCUT2D eigenvalue weighted by Gasteiger charge is 2.22. The predicted molar refractivity (Wildman–Crippen MR) is 124 cm³/mol. The van der Waals surface area contributed by atoms with E-state index in [-0.39, 0.29) is 17.7 Å². The number of carbonyl (C=O) groups is 1. The smallest absolute Gasteiger partial charge is 0.230 e. The molecule has 0 unspecified atom stereocenters. The zero-order valence-electron chi connectivity index (χ0n) is 17.6. The summed E-state index contributed by atoms with van der Waals surface area (Å²) in [5.74, 6) is 1.60. The Labute approximate surface area is 191 Å². The van der Waals surface area contributed by atoms with Crippen LogP contribution in [0.25, 0.3) is 11.6 Å². The van der Waals surface area contributed by atoms with E-state index in [4.69, 9.17) is 4.42 Å². The van der Waals surface area contributed by atoms with Gasteiger partial charge >= 0.3 is 0 Å². The summed E-state index contributed by atoms with van der Waals surface area (Å²) in [6.07, 6.45) is 4.77. The second kappa shape index (κ2) is 9.44. The first-order valence-electron chi connectivity index (χ1n) is 10.8. The van der Waals surface area contributed by atoms with Crippen LogP contribution < -0.4 is 5.32 Å². The van der Waals surface area contributed by atoms with Crippen LogP contribution in [0.4, 0.5) is 0 Å². The van der Waals surface area contributed by atoms with Gasteiger partial charge in [0.15, 0.2) is 10.9 Å². The average molecular weight is 445 g/mol. The summed E-state index contributed by atoms with van der Waals surface area (Å²) in [6, 6.07) is 22.3. The summed E-state index contributed by atoms with van der Waals surface area (Å²) in [6.45, 7) is 0.601. The molecule has 5 rings (SSSR count). The lowest BCUT2D eigenvalue weighted by Gasteiger charge is -2.26. The van der Waals surface area contributed by atoms with E-state index in [2.05, 4.69) is 45.8 Å². The Hall–Kier alpha value is -3.32. The van der Waals surface area contributed by atoms with E-state index in [1.165, 1.54) is 22.9 Å². The van der Waals surface area contributed by atoms with Gasteiger partial charge in [-0.15, -0.1) is 10.2 Å². The summed E-state index contributed by atoms with van der Waals surface area (Å²) in [5.41, 5.74) is 3.71. The van der Waals surface area contributed by atoms with Gasteiger partial charge in [0, 0.05) is 0 Å². The number of thioether (sulfide) groups is 1. The number of hydrogen-bond donors (Lipinski definition) is 1. The third-order valence-electron chi connectivity index (χ3n) is 5.68. The highest BCUT2D eigenvalue weighted by Crippen LogP contribution is 2.30. The average Bonchev–Trinajstić information content (AvgIpc) is 3.49. The van der Waals surface area contributed by atoms with Crippen LogP contribution in [0.15, 0.2) is 82.6 Å². The van der Waals surface area contributed by atoms with Gasteiger partial charge in [-0.1, -0.05) is 66.4 Å². The van der Waals surface area contributed by atoms with E-state index in [0.717, 1.165) is 24.8 Å². The van der Waals surface area contributed by atoms with Crippen molar-refractivity contribution in [3.05, 3.63) is 89.7 Å². The van der Waals surface area contributed by atoms with Crippen LogP contribution in [0.1, 0.15) is 35.6 Å². The molecule has 4 aromatic rings. The summed E-state index contributed by atoms with van der Waals surface area (Å²) in [7, 11) is 0. The standard InChI is InChI=1S/C25H24N4O2S/c30-23(26-21-13-6-11-19-10-4-5-12-20(19)21)17-32-25-28-27-24(22-14-7-15-31-22)29(25)16-18-8-2-1-3-9-18/h1-5,7-10,12,14-15,21H,6,11,13,16-17H2,(H,26,30)/t21-/m0/s1. The molecule has 0 aliphatic heterocycles. The van der Waals surface area contributed by atoms with Crippen molar-refractivity contribution in [2.24, 2.45) is 0 Å². The molecule has 7 heteroatoms. The van der Waals surface area contributed by atoms with Crippen molar-refractivity contribution < 1.29 is 9.21 Å². The molecule has 32 heavy (non-hydrogen) atoms. The minimum atomic E-state index is 0.00510. The maximum absolute atomic E-state index is 12.8. The lowest BCUT2D eigenvalue weighted by atomic mass is 9.88. The summed E-state index contributed by atoms with van der Waals surface area (Å²) >= 11 is 1.40. The molecule has 1 amide bonds. The number of fused-ring (bicyclic) bond motifs is 1. The number of aryl methyl sites for hydroxylation is 1. The lowest BCUT2D eigenvalue weighted by Crippen LogP contribution is -2.32. The molecule has 0 spiro atoms. The first kappa shape index (κ1) is 20.6. The monoisotopic (exact) mass is 444 g/mol. The number of rotatable bonds is 7. The Balaban J connectivity index is 1.31. The SMILES string of the molecule is O=C(CSc1nnc(-c2ccco2)n1Cc1ccccc1)N[C@H]1CCCc2ccccc21. The van der Waals surface area contributed by atoms with Crippen molar-refractivity contribution in [2.45, 2.75) is 37.0 Å². The van der Waals surface area contributed by atoms with E-state index >= 15 is 0 Å². The fourth-order valence-electron chi connectivity index (χ4n) is 4.16. The van der Waals surface area contributed by atoms with Crippen LogP contribution in [-0.2, 0) is 17.8 Å². The second-order valence-corrected chi connectivity index (χ2v) is 8.80. The Morgan fingerprint density at radius 1 is 1.06 bits per heavy atom. The molecule has 0 radical (unpaired) electrons. The molecule has 1 atom stereocenters. The summed E-state index contributed by atoms with van der Waals surface area (Å²) in [4.78, 5) is 12.8. The number of nitrogens with zero attached hydrogens (tertiary/aromatic N) is 3. The summed E-state index contributed by atoms with van der Waals surface area (Å²) < 4.78 is 7.56. The maximum Gasteiger partial charge on any atom is 0.230 e. The minimum absolute atomic E-state index is 0.00510. The minimum Gasteiger partial charge on any atom is -0.461 e. The van der Waals surface area contributed by atoms with E-state index in [9.17, 15) is 4.79 Å². The van der Waals surface area contributed by atoms with Crippen molar-refractivity contribution in [3.8, 4) is 11.6 Å². The second-order valence-electron chi connectivity index (χ2n) is 7.86. The fraction of sp³-hybridized carbons (Fsp3) is 0.240. The van der Waals surface area contributed by atoms with E-state index in [0.29, 0.717) is 23.3 Å². The van der Waals surface area contributed by atoms with Crippen LogP contribution in [0, 0.1) is 0 Å². The van der Waals surface area contributed by atoms with Crippen LogP contribution in [0.3, 0.4) is 0 Å². The first-order valence-corrected chi connectivity index (χ1v) is 11.8. The number of carbonyl (C=O) groups excluding carboxylic acids is 1. The zero-order valence-corrected chi connectivity index (χ0v) is 18.4. The molecule has 162 valence electrons.